The molecule has 0 bridgehead atoms. The van der Waals surface area contributed by atoms with E-state index >= 15 is 0 Å². The predicted octanol–water partition coefficient (Wildman–Crippen LogP) is 3.07. The third-order valence-electron chi connectivity index (χ3n) is 5.32. The number of aromatic carboxylic acids is 1. The van der Waals surface area contributed by atoms with Crippen LogP contribution in [0.4, 0.5) is 0 Å². The Morgan fingerprint density at radius 1 is 0.857 bits per heavy atom. The number of carboxylic acids is 1. The molecule has 0 atom stereocenters. The Bertz CT molecular complexity index is 710. The maximum atomic E-state index is 10.9. The second-order valence-corrected chi connectivity index (χ2v) is 7.49. The largest absolute Gasteiger partial charge is 0.478 e. The van der Waals surface area contributed by atoms with Gasteiger partial charge in [-0.1, -0.05) is 42.5 Å². The first-order valence-electron chi connectivity index (χ1n) is 10.2. The highest BCUT2D eigenvalue weighted by Gasteiger charge is 2.16. The zero-order valence-electron chi connectivity index (χ0n) is 16.5. The van der Waals surface area contributed by atoms with E-state index in [4.69, 9.17) is 5.11 Å². The van der Waals surface area contributed by atoms with E-state index in [-0.39, 0.29) is 0 Å². The summed E-state index contributed by atoms with van der Waals surface area (Å²) in [7, 11) is 0. The predicted molar refractivity (Wildman–Crippen MR) is 113 cm³/mol. The molecule has 1 saturated heterocycles. The van der Waals surface area contributed by atoms with Crippen LogP contribution in [0.5, 0.6) is 0 Å². The van der Waals surface area contributed by atoms with Crippen LogP contribution >= 0.6 is 0 Å². The first-order chi connectivity index (χ1) is 13.7. The molecule has 0 spiro atoms. The Hall–Kier alpha value is -2.21. The summed E-state index contributed by atoms with van der Waals surface area (Å²) in [5.41, 5.74) is 2.87. The number of unbranched alkanes of at least 4 members (excludes halogenated alkanes) is 1. The average Bonchev–Trinajstić information content (AvgIpc) is 2.73. The quantitative estimate of drug-likeness (QED) is 0.620. The highest BCUT2D eigenvalue weighted by molar-refractivity contribution is 5.87. The third kappa shape index (κ3) is 6.75. The lowest BCUT2D eigenvalue weighted by atomic mass is 10.1. The maximum absolute atomic E-state index is 10.9. The van der Waals surface area contributed by atoms with Crippen molar-refractivity contribution < 1.29 is 9.90 Å². The van der Waals surface area contributed by atoms with E-state index < -0.39 is 5.97 Å². The Balaban J connectivity index is 1.23. The number of piperazine rings is 1. The van der Waals surface area contributed by atoms with E-state index in [9.17, 15) is 4.79 Å². The molecule has 2 aromatic rings. The SMILES string of the molecule is O=C(O)c1ccc(CNCCCCN2CCN(Cc3ccccc3)CC2)cc1. The minimum absolute atomic E-state index is 0.340. The van der Waals surface area contributed by atoms with Crippen molar-refractivity contribution in [3.63, 3.8) is 0 Å². The first-order valence-corrected chi connectivity index (χ1v) is 10.2. The monoisotopic (exact) mass is 381 g/mol. The summed E-state index contributed by atoms with van der Waals surface area (Å²) in [6.45, 7) is 8.65. The number of nitrogens with zero attached hydrogens (tertiary/aromatic N) is 2. The molecule has 150 valence electrons. The first kappa shape index (κ1) is 20.5. The molecule has 1 fully saturated rings. The lowest BCUT2D eigenvalue weighted by Crippen LogP contribution is -2.46. The lowest BCUT2D eigenvalue weighted by molar-refractivity contribution is 0.0697. The van der Waals surface area contributed by atoms with Crippen LogP contribution < -0.4 is 5.32 Å². The Kier molecular flexibility index (Phi) is 8.03. The van der Waals surface area contributed by atoms with Gasteiger partial charge >= 0.3 is 5.97 Å². The van der Waals surface area contributed by atoms with Crippen molar-refractivity contribution in [2.24, 2.45) is 0 Å². The molecule has 0 aromatic heterocycles. The fourth-order valence-corrected chi connectivity index (χ4v) is 3.60. The highest BCUT2D eigenvalue weighted by atomic mass is 16.4. The van der Waals surface area contributed by atoms with Crippen molar-refractivity contribution in [1.82, 2.24) is 15.1 Å². The van der Waals surface area contributed by atoms with Crippen LogP contribution in [0.15, 0.2) is 54.6 Å². The summed E-state index contributed by atoms with van der Waals surface area (Å²) in [6, 6.07) is 17.8. The van der Waals surface area contributed by atoms with E-state index in [1.165, 1.54) is 18.5 Å². The summed E-state index contributed by atoms with van der Waals surface area (Å²) < 4.78 is 0. The van der Waals surface area contributed by atoms with E-state index in [1.807, 2.05) is 12.1 Å². The van der Waals surface area contributed by atoms with Gasteiger partial charge in [0.25, 0.3) is 0 Å². The van der Waals surface area contributed by atoms with Crippen LogP contribution in [0, 0.1) is 0 Å². The summed E-state index contributed by atoms with van der Waals surface area (Å²) in [4.78, 5) is 16.0. The molecule has 0 saturated carbocycles. The molecule has 0 aliphatic carbocycles. The molecule has 28 heavy (non-hydrogen) atoms. The fourth-order valence-electron chi connectivity index (χ4n) is 3.60. The second-order valence-electron chi connectivity index (χ2n) is 7.49. The van der Waals surface area contributed by atoms with Crippen molar-refractivity contribution in [2.75, 3.05) is 39.3 Å². The van der Waals surface area contributed by atoms with Crippen LogP contribution in [-0.2, 0) is 13.1 Å². The van der Waals surface area contributed by atoms with Gasteiger partial charge in [-0.15, -0.1) is 0 Å². The molecule has 0 unspecified atom stereocenters. The Morgan fingerprint density at radius 3 is 2.21 bits per heavy atom. The standard InChI is InChI=1S/C23H31N3O2/c27-23(28)22-10-8-20(9-11-22)18-24-12-4-5-13-25-14-16-26(17-15-25)19-21-6-2-1-3-7-21/h1-3,6-11,24H,4-5,12-19H2,(H,27,28). The topological polar surface area (TPSA) is 55.8 Å². The molecular formula is C23H31N3O2. The molecule has 3 rings (SSSR count). The van der Waals surface area contributed by atoms with Gasteiger partial charge in [0.15, 0.2) is 0 Å². The zero-order valence-corrected chi connectivity index (χ0v) is 16.5. The van der Waals surface area contributed by atoms with Crippen molar-refractivity contribution in [3.8, 4) is 0 Å². The van der Waals surface area contributed by atoms with Gasteiger partial charge in [-0.25, -0.2) is 4.79 Å². The molecule has 5 heteroatoms. The number of hydrogen-bond acceptors (Lipinski definition) is 4. The van der Waals surface area contributed by atoms with Crippen LogP contribution in [0.25, 0.3) is 0 Å². The van der Waals surface area contributed by atoms with Gasteiger partial charge < -0.3 is 15.3 Å². The summed E-state index contributed by atoms with van der Waals surface area (Å²) in [5, 5.41) is 12.4. The second kappa shape index (κ2) is 11.0. The van der Waals surface area contributed by atoms with Gasteiger partial charge in [0, 0.05) is 39.3 Å². The smallest absolute Gasteiger partial charge is 0.335 e. The highest BCUT2D eigenvalue weighted by Crippen LogP contribution is 2.09. The van der Waals surface area contributed by atoms with Gasteiger partial charge in [0.2, 0.25) is 0 Å². The number of carboxylic acid groups (broad SMARTS) is 1. The minimum atomic E-state index is -0.875. The summed E-state index contributed by atoms with van der Waals surface area (Å²) in [5.74, 6) is -0.875. The molecule has 2 N–H and O–H groups in total. The van der Waals surface area contributed by atoms with E-state index in [0.717, 1.165) is 57.8 Å². The summed E-state index contributed by atoms with van der Waals surface area (Å²) >= 11 is 0. The third-order valence-corrected chi connectivity index (χ3v) is 5.32. The van der Waals surface area contributed by atoms with Crippen molar-refractivity contribution in [2.45, 2.75) is 25.9 Å². The summed E-state index contributed by atoms with van der Waals surface area (Å²) in [6.07, 6.45) is 2.38. The fraction of sp³-hybridized carbons (Fsp3) is 0.435. The van der Waals surface area contributed by atoms with Gasteiger partial charge in [-0.3, -0.25) is 4.90 Å². The number of hydrogen-bond donors (Lipinski definition) is 2. The van der Waals surface area contributed by atoms with Crippen molar-refractivity contribution >= 4 is 5.97 Å². The molecule has 0 radical (unpaired) electrons. The lowest BCUT2D eigenvalue weighted by Gasteiger charge is -2.34. The molecule has 1 heterocycles. The zero-order chi connectivity index (χ0) is 19.6. The van der Waals surface area contributed by atoms with Crippen LogP contribution in [0.1, 0.15) is 34.3 Å². The van der Waals surface area contributed by atoms with Crippen molar-refractivity contribution in [1.29, 1.82) is 0 Å². The molecule has 2 aromatic carbocycles. The van der Waals surface area contributed by atoms with Crippen LogP contribution in [-0.4, -0.2) is 60.1 Å². The van der Waals surface area contributed by atoms with Gasteiger partial charge in [-0.05, 0) is 49.2 Å². The number of benzene rings is 2. The average molecular weight is 382 g/mol. The van der Waals surface area contributed by atoms with Crippen LogP contribution in [0.3, 0.4) is 0 Å². The van der Waals surface area contributed by atoms with Gasteiger partial charge in [0.1, 0.15) is 0 Å². The Labute approximate surface area is 168 Å². The molecule has 1 aliphatic rings. The van der Waals surface area contributed by atoms with E-state index in [0.29, 0.717) is 5.56 Å². The van der Waals surface area contributed by atoms with Crippen LogP contribution in [0.2, 0.25) is 0 Å². The van der Waals surface area contributed by atoms with E-state index in [2.05, 4.69) is 45.4 Å². The molecule has 1 aliphatic heterocycles. The van der Waals surface area contributed by atoms with Gasteiger partial charge in [-0.2, -0.15) is 0 Å². The molecule has 0 amide bonds. The number of carbonyl (C=O) groups is 1. The molecular weight excluding hydrogens is 350 g/mol. The van der Waals surface area contributed by atoms with Gasteiger partial charge in [0.05, 0.1) is 5.56 Å². The van der Waals surface area contributed by atoms with Crippen molar-refractivity contribution in [3.05, 3.63) is 71.3 Å². The maximum Gasteiger partial charge on any atom is 0.335 e. The minimum Gasteiger partial charge on any atom is -0.478 e. The number of nitrogens with one attached hydrogen (secondary N) is 1. The number of rotatable bonds is 10. The Morgan fingerprint density at radius 2 is 1.54 bits per heavy atom. The van der Waals surface area contributed by atoms with E-state index in [1.54, 1.807) is 12.1 Å². The normalized spacial score (nSPS) is 15.6. The molecule has 5 nitrogen and oxygen atoms in total.